The van der Waals surface area contributed by atoms with Gasteiger partial charge in [-0.2, -0.15) is 4.80 Å². The molecule has 19 heavy (non-hydrogen) atoms. The molecule has 0 saturated carbocycles. The third-order valence-electron chi connectivity index (χ3n) is 2.68. The van der Waals surface area contributed by atoms with Crippen molar-refractivity contribution >= 4 is 28.4 Å². The second kappa shape index (κ2) is 4.09. The maximum Gasteiger partial charge on any atom is 0.270 e. The Bertz CT molecular complexity index is 757. The van der Waals surface area contributed by atoms with Crippen molar-refractivity contribution in [2.75, 3.05) is 11.1 Å². The summed E-state index contributed by atoms with van der Waals surface area (Å²) in [7, 11) is 1.62. The van der Waals surface area contributed by atoms with Crippen LogP contribution in [0.15, 0.2) is 24.4 Å². The van der Waals surface area contributed by atoms with E-state index in [0.29, 0.717) is 11.3 Å². The molecule has 2 aromatic heterocycles. The molecule has 0 fully saturated rings. The zero-order valence-electron chi connectivity index (χ0n) is 10.1. The molecule has 0 atom stereocenters. The van der Waals surface area contributed by atoms with Gasteiger partial charge in [0.2, 0.25) is 0 Å². The van der Waals surface area contributed by atoms with Crippen LogP contribution in [0.2, 0.25) is 0 Å². The van der Waals surface area contributed by atoms with Crippen LogP contribution in [0.1, 0.15) is 10.4 Å². The van der Waals surface area contributed by atoms with Crippen LogP contribution in [-0.2, 0) is 7.05 Å². The Hall–Kier alpha value is -2.90. The molecule has 96 valence electrons. The van der Waals surface area contributed by atoms with Crippen molar-refractivity contribution in [1.82, 2.24) is 25.2 Å². The molecular weight excluding hydrogens is 246 g/mol. The van der Waals surface area contributed by atoms with Crippen molar-refractivity contribution in [3.63, 3.8) is 0 Å². The fraction of sp³-hybridized carbons (Fsp3) is 0.0909. The van der Waals surface area contributed by atoms with E-state index >= 15 is 0 Å². The molecule has 0 aliphatic carbocycles. The highest BCUT2D eigenvalue weighted by Crippen LogP contribution is 2.21. The Balaban J connectivity index is 1.93. The van der Waals surface area contributed by atoms with E-state index in [-0.39, 0.29) is 11.9 Å². The zero-order chi connectivity index (χ0) is 13.4. The van der Waals surface area contributed by atoms with Gasteiger partial charge in [0.25, 0.3) is 11.9 Å². The highest BCUT2D eigenvalue weighted by atomic mass is 16.1. The number of anilines is 2. The molecule has 2 heterocycles. The summed E-state index contributed by atoms with van der Waals surface area (Å²) in [5.74, 6) is -0.138. The predicted molar refractivity (Wildman–Crippen MR) is 69.5 cm³/mol. The molecule has 0 aliphatic rings. The van der Waals surface area contributed by atoms with Crippen molar-refractivity contribution in [2.45, 2.75) is 0 Å². The quantitative estimate of drug-likeness (QED) is 0.579. The van der Waals surface area contributed by atoms with Crippen molar-refractivity contribution in [3.8, 4) is 0 Å². The third kappa shape index (κ3) is 1.99. The van der Waals surface area contributed by atoms with Crippen molar-refractivity contribution in [2.24, 2.45) is 7.05 Å². The second-order valence-corrected chi connectivity index (χ2v) is 4.06. The lowest BCUT2D eigenvalue weighted by molar-refractivity contribution is 0.102. The van der Waals surface area contributed by atoms with Crippen LogP contribution < -0.4 is 11.1 Å². The topological polar surface area (TPSA) is 115 Å². The third-order valence-corrected chi connectivity index (χ3v) is 2.68. The number of carbonyl (C=O) groups excluding carboxylic acids is 1. The number of aromatic amines is 1. The number of H-pyrrole nitrogens is 1. The number of tetrazole rings is 1. The Morgan fingerprint density at radius 1 is 1.47 bits per heavy atom. The maximum atomic E-state index is 12.1. The van der Waals surface area contributed by atoms with Crippen molar-refractivity contribution in [3.05, 3.63) is 30.0 Å². The molecule has 0 unspecified atom stereocenters. The van der Waals surface area contributed by atoms with Gasteiger partial charge >= 0.3 is 0 Å². The average Bonchev–Trinajstić information content (AvgIpc) is 2.95. The Labute approximate surface area is 107 Å². The SMILES string of the molecule is Cn1nnc(NC(=O)c2c[nH]c3cc(N)ccc23)n1. The minimum Gasteiger partial charge on any atom is -0.399 e. The number of fused-ring (bicyclic) bond motifs is 1. The van der Waals surface area contributed by atoms with Crippen molar-refractivity contribution < 1.29 is 4.79 Å². The smallest absolute Gasteiger partial charge is 0.270 e. The van der Waals surface area contributed by atoms with E-state index in [1.54, 1.807) is 31.4 Å². The summed E-state index contributed by atoms with van der Waals surface area (Å²) < 4.78 is 0. The van der Waals surface area contributed by atoms with Gasteiger partial charge in [-0.25, -0.2) is 0 Å². The number of nitrogen functional groups attached to an aromatic ring is 1. The number of carbonyl (C=O) groups is 1. The van der Waals surface area contributed by atoms with E-state index in [1.807, 2.05) is 0 Å². The predicted octanol–water partition coefficient (Wildman–Crippen LogP) is 0.526. The van der Waals surface area contributed by atoms with Crippen LogP contribution in [0.5, 0.6) is 0 Å². The summed E-state index contributed by atoms with van der Waals surface area (Å²) in [5.41, 5.74) is 7.63. The summed E-state index contributed by atoms with van der Waals surface area (Å²) in [4.78, 5) is 16.4. The Morgan fingerprint density at radius 2 is 2.32 bits per heavy atom. The normalized spacial score (nSPS) is 10.8. The molecule has 3 rings (SSSR count). The number of hydrogen-bond donors (Lipinski definition) is 3. The summed E-state index contributed by atoms with van der Waals surface area (Å²) >= 11 is 0. The van der Waals surface area contributed by atoms with Crippen LogP contribution in [-0.4, -0.2) is 31.1 Å². The number of rotatable bonds is 2. The molecule has 4 N–H and O–H groups in total. The van der Waals surface area contributed by atoms with E-state index in [4.69, 9.17) is 5.73 Å². The minimum atomic E-state index is -0.302. The summed E-state index contributed by atoms with van der Waals surface area (Å²) in [5, 5.41) is 14.6. The van der Waals surface area contributed by atoms with E-state index in [9.17, 15) is 4.79 Å². The molecule has 3 aromatic rings. The van der Waals surface area contributed by atoms with Gasteiger partial charge in [-0.3, -0.25) is 10.1 Å². The molecular formula is C11H11N7O. The number of aromatic nitrogens is 5. The van der Waals surface area contributed by atoms with Crippen LogP contribution >= 0.6 is 0 Å². The largest absolute Gasteiger partial charge is 0.399 e. The van der Waals surface area contributed by atoms with Crippen LogP contribution in [0, 0.1) is 0 Å². The fourth-order valence-electron chi connectivity index (χ4n) is 1.83. The average molecular weight is 257 g/mol. The highest BCUT2D eigenvalue weighted by Gasteiger charge is 2.14. The van der Waals surface area contributed by atoms with Gasteiger partial charge in [-0.05, 0) is 23.4 Å². The van der Waals surface area contributed by atoms with E-state index in [2.05, 4.69) is 25.7 Å². The lowest BCUT2D eigenvalue weighted by Gasteiger charge is -1.99. The van der Waals surface area contributed by atoms with Crippen LogP contribution in [0.3, 0.4) is 0 Å². The minimum absolute atomic E-state index is 0.164. The second-order valence-electron chi connectivity index (χ2n) is 4.06. The van der Waals surface area contributed by atoms with E-state index in [1.165, 1.54) is 4.80 Å². The first-order chi connectivity index (χ1) is 9.13. The molecule has 8 nitrogen and oxygen atoms in total. The summed E-state index contributed by atoms with van der Waals surface area (Å²) in [6.45, 7) is 0. The Kier molecular flexibility index (Phi) is 2.41. The van der Waals surface area contributed by atoms with Crippen LogP contribution in [0.4, 0.5) is 11.6 Å². The number of nitrogens with two attached hydrogens (primary N) is 1. The van der Waals surface area contributed by atoms with E-state index < -0.39 is 0 Å². The number of nitrogens with zero attached hydrogens (tertiary/aromatic N) is 4. The molecule has 0 spiro atoms. The first kappa shape index (κ1) is 11.2. The monoisotopic (exact) mass is 257 g/mol. The Morgan fingerprint density at radius 3 is 3.05 bits per heavy atom. The van der Waals surface area contributed by atoms with Gasteiger partial charge in [0.15, 0.2) is 0 Å². The molecule has 0 bridgehead atoms. The highest BCUT2D eigenvalue weighted by molar-refractivity contribution is 6.12. The molecule has 8 heteroatoms. The van der Waals surface area contributed by atoms with Crippen LogP contribution in [0.25, 0.3) is 10.9 Å². The molecule has 0 radical (unpaired) electrons. The fourth-order valence-corrected chi connectivity index (χ4v) is 1.83. The number of amides is 1. The van der Waals surface area contributed by atoms with Gasteiger partial charge in [0, 0.05) is 22.8 Å². The summed E-state index contributed by atoms with van der Waals surface area (Å²) in [6.07, 6.45) is 1.62. The standard InChI is InChI=1S/C11H11N7O/c1-18-16-11(15-17-18)14-10(19)8-5-13-9-4-6(12)2-3-7(8)9/h2-5,13H,12H2,1H3,(H,14,16,19). The number of benzene rings is 1. The van der Waals surface area contributed by atoms with Gasteiger partial charge < -0.3 is 10.7 Å². The van der Waals surface area contributed by atoms with Gasteiger partial charge in [-0.1, -0.05) is 5.10 Å². The number of nitrogens with one attached hydrogen (secondary N) is 2. The molecule has 1 amide bonds. The summed E-state index contributed by atoms with van der Waals surface area (Å²) in [6, 6.07) is 5.31. The first-order valence-corrected chi connectivity index (χ1v) is 5.55. The first-order valence-electron chi connectivity index (χ1n) is 5.55. The van der Waals surface area contributed by atoms with Crippen molar-refractivity contribution in [1.29, 1.82) is 0 Å². The zero-order valence-corrected chi connectivity index (χ0v) is 10.1. The maximum absolute atomic E-state index is 12.1. The molecule has 0 saturated heterocycles. The van der Waals surface area contributed by atoms with Gasteiger partial charge in [0.05, 0.1) is 12.6 Å². The van der Waals surface area contributed by atoms with Gasteiger partial charge in [0.1, 0.15) is 0 Å². The molecule has 1 aromatic carbocycles. The molecule has 0 aliphatic heterocycles. The number of aryl methyl sites for hydroxylation is 1. The lowest BCUT2D eigenvalue weighted by atomic mass is 10.1. The van der Waals surface area contributed by atoms with E-state index in [0.717, 1.165) is 10.9 Å². The lowest BCUT2D eigenvalue weighted by Crippen LogP contribution is -2.12. The number of hydrogen-bond acceptors (Lipinski definition) is 5. The van der Waals surface area contributed by atoms with Gasteiger partial charge in [-0.15, -0.1) is 5.10 Å².